The molecule has 1 aliphatic rings. The number of allylic oxidation sites excluding steroid dienone is 1. The summed E-state index contributed by atoms with van der Waals surface area (Å²) in [6.45, 7) is 9.25. The average molecular weight is 332 g/mol. The summed E-state index contributed by atoms with van der Waals surface area (Å²) in [6.07, 6.45) is 7.82. The van der Waals surface area contributed by atoms with Crippen molar-refractivity contribution in [2.24, 2.45) is 0 Å². The Bertz CT molecular complexity index is 558. The quantitative estimate of drug-likeness (QED) is 0.573. The smallest absolute Gasteiger partial charge is 0.126 e. The van der Waals surface area contributed by atoms with E-state index in [1.54, 1.807) is 7.11 Å². The van der Waals surface area contributed by atoms with E-state index in [4.69, 9.17) is 14.2 Å². The maximum atomic E-state index is 5.85. The first-order valence-electron chi connectivity index (χ1n) is 9.09. The molecule has 1 aliphatic heterocycles. The lowest BCUT2D eigenvalue weighted by Gasteiger charge is -2.26. The summed E-state index contributed by atoms with van der Waals surface area (Å²) >= 11 is 0. The molecule has 1 aromatic carbocycles. The molecule has 0 radical (unpaired) electrons. The van der Waals surface area contributed by atoms with E-state index in [9.17, 15) is 0 Å². The first kappa shape index (κ1) is 18.9. The van der Waals surface area contributed by atoms with E-state index in [0.29, 0.717) is 6.61 Å². The zero-order valence-corrected chi connectivity index (χ0v) is 15.9. The van der Waals surface area contributed by atoms with Gasteiger partial charge in [-0.3, -0.25) is 0 Å². The molecular weight excluding hydrogens is 300 g/mol. The van der Waals surface area contributed by atoms with Gasteiger partial charge >= 0.3 is 0 Å². The topological polar surface area (TPSA) is 27.7 Å². The number of rotatable bonds is 9. The van der Waals surface area contributed by atoms with Crippen LogP contribution in [0.5, 0.6) is 11.5 Å². The third-order valence-corrected chi connectivity index (χ3v) is 5.07. The molecule has 0 aliphatic carbocycles. The highest BCUT2D eigenvalue weighted by Gasteiger charge is 2.20. The van der Waals surface area contributed by atoms with E-state index in [-0.39, 0.29) is 11.7 Å². The maximum absolute atomic E-state index is 5.85. The van der Waals surface area contributed by atoms with Crippen LogP contribution in [0.4, 0.5) is 0 Å². The number of hydrogen-bond donors (Lipinski definition) is 0. The van der Waals surface area contributed by atoms with Crippen molar-refractivity contribution >= 4 is 0 Å². The van der Waals surface area contributed by atoms with Gasteiger partial charge in [0.15, 0.2) is 0 Å². The van der Waals surface area contributed by atoms with Gasteiger partial charge in [-0.05, 0) is 64.2 Å². The lowest BCUT2D eigenvalue weighted by molar-refractivity contribution is -0.00563. The highest BCUT2D eigenvalue weighted by atomic mass is 16.5. The van der Waals surface area contributed by atoms with Crippen LogP contribution in [0.15, 0.2) is 29.8 Å². The molecular formula is C21H32O3. The van der Waals surface area contributed by atoms with E-state index in [0.717, 1.165) is 43.6 Å². The third kappa shape index (κ3) is 5.27. The van der Waals surface area contributed by atoms with Crippen LogP contribution in [0, 0.1) is 0 Å². The first-order chi connectivity index (χ1) is 11.5. The molecule has 0 bridgehead atoms. The van der Waals surface area contributed by atoms with E-state index < -0.39 is 0 Å². The minimum absolute atomic E-state index is 0.0122. The summed E-state index contributed by atoms with van der Waals surface area (Å²) in [5, 5.41) is 0. The Morgan fingerprint density at radius 1 is 1.42 bits per heavy atom. The molecule has 2 atom stereocenters. The van der Waals surface area contributed by atoms with Crippen LogP contribution >= 0.6 is 0 Å². The summed E-state index contributed by atoms with van der Waals surface area (Å²) < 4.78 is 17.2. The van der Waals surface area contributed by atoms with Crippen LogP contribution in [0.2, 0.25) is 0 Å². The van der Waals surface area contributed by atoms with E-state index in [1.807, 2.05) is 12.1 Å². The number of hydrogen-bond acceptors (Lipinski definition) is 3. The van der Waals surface area contributed by atoms with Crippen LogP contribution in [-0.2, 0) is 11.2 Å². The normalized spacial score (nSPS) is 19.5. The average Bonchev–Trinajstić information content (AvgIpc) is 2.94. The number of fused-ring (bicyclic) bond motifs is 1. The van der Waals surface area contributed by atoms with Crippen molar-refractivity contribution in [2.75, 3.05) is 13.7 Å². The highest BCUT2D eigenvalue weighted by Crippen LogP contribution is 2.32. The number of benzene rings is 1. The van der Waals surface area contributed by atoms with Gasteiger partial charge in [0.05, 0.1) is 5.60 Å². The Labute approximate surface area is 147 Å². The van der Waals surface area contributed by atoms with Crippen molar-refractivity contribution in [3.63, 3.8) is 0 Å². The van der Waals surface area contributed by atoms with Gasteiger partial charge in [0.25, 0.3) is 0 Å². The fraction of sp³-hybridized carbons (Fsp3) is 0.619. The SMILES string of the molecule is CCC(C)(CCCC(C)=CCOc1ccc2c(c1)OC(C)C2)OC. The summed E-state index contributed by atoms with van der Waals surface area (Å²) in [5.41, 5.74) is 2.66. The van der Waals surface area contributed by atoms with E-state index in [1.165, 1.54) is 11.1 Å². The summed E-state index contributed by atoms with van der Waals surface area (Å²) in [4.78, 5) is 0. The molecule has 0 saturated carbocycles. The Hall–Kier alpha value is -1.48. The summed E-state index contributed by atoms with van der Waals surface area (Å²) in [7, 11) is 1.81. The second-order valence-corrected chi connectivity index (χ2v) is 7.12. The Kier molecular flexibility index (Phi) is 6.73. The molecule has 0 spiro atoms. The second kappa shape index (κ2) is 8.57. The maximum Gasteiger partial charge on any atom is 0.126 e. The van der Waals surface area contributed by atoms with Crippen molar-refractivity contribution in [1.82, 2.24) is 0 Å². The molecule has 2 rings (SSSR count). The summed E-state index contributed by atoms with van der Waals surface area (Å²) in [5.74, 6) is 1.85. The van der Waals surface area contributed by atoms with Gasteiger partial charge in [-0.1, -0.05) is 18.6 Å². The van der Waals surface area contributed by atoms with Crippen LogP contribution in [0.25, 0.3) is 0 Å². The predicted octanol–water partition coefficient (Wildman–Crippen LogP) is 5.32. The lowest BCUT2D eigenvalue weighted by Crippen LogP contribution is -2.25. The monoisotopic (exact) mass is 332 g/mol. The van der Waals surface area contributed by atoms with Crippen molar-refractivity contribution in [3.8, 4) is 11.5 Å². The van der Waals surface area contributed by atoms with Gasteiger partial charge < -0.3 is 14.2 Å². The zero-order chi connectivity index (χ0) is 17.6. The van der Waals surface area contributed by atoms with Crippen molar-refractivity contribution < 1.29 is 14.2 Å². The molecule has 0 N–H and O–H groups in total. The predicted molar refractivity (Wildman–Crippen MR) is 99.0 cm³/mol. The highest BCUT2D eigenvalue weighted by molar-refractivity contribution is 5.43. The molecule has 1 heterocycles. The molecule has 134 valence electrons. The molecule has 3 nitrogen and oxygen atoms in total. The fourth-order valence-electron chi connectivity index (χ4n) is 3.02. The molecule has 0 saturated heterocycles. The van der Waals surface area contributed by atoms with Crippen molar-refractivity contribution in [2.45, 2.75) is 71.5 Å². The minimum Gasteiger partial charge on any atom is -0.490 e. The van der Waals surface area contributed by atoms with Gasteiger partial charge in [0.2, 0.25) is 0 Å². The van der Waals surface area contributed by atoms with Gasteiger partial charge in [-0.25, -0.2) is 0 Å². The Morgan fingerprint density at radius 2 is 2.21 bits per heavy atom. The van der Waals surface area contributed by atoms with Gasteiger partial charge in [-0.15, -0.1) is 0 Å². The number of ether oxygens (including phenoxy) is 3. The molecule has 1 aromatic rings. The van der Waals surface area contributed by atoms with Crippen molar-refractivity contribution in [1.29, 1.82) is 0 Å². The molecule has 24 heavy (non-hydrogen) atoms. The van der Waals surface area contributed by atoms with Crippen molar-refractivity contribution in [3.05, 3.63) is 35.4 Å². The standard InChI is InChI=1S/C21H32O3/c1-6-21(4,22-5)12-7-8-16(2)11-13-23-19-10-9-18-14-17(3)24-20(18)15-19/h9-11,15,17H,6-8,12-14H2,1-5H3. The zero-order valence-electron chi connectivity index (χ0n) is 15.9. The summed E-state index contributed by atoms with van der Waals surface area (Å²) in [6, 6.07) is 6.16. The Morgan fingerprint density at radius 3 is 2.92 bits per heavy atom. The van der Waals surface area contributed by atoms with E-state index in [2.05, 4.69) is 39.8 Å². The molecule has 0 aromatic heterocycles. The second-order valence-electron chi connectivity index (χ2n) is 7.12. The minimum atomic E-state index is 0.0122. The van der Waals surface area contributed by atoms with Gasteiger partial charge in [0, 0.05) is 19.6 Å². The largest absolute Gasteiger partial charge is 0.490 e. The fourth-order valence-corrected chi connectivity index (χ4v) is 3.02. The van der Waals surface area contributed by atoms with Crippen LogP contribution < -0.4 is 9.47 Å². The Balaban J connectivity index is 1.74. The lowest BCUT2D eigenvalue weighted by atomic mass is 9.94. The van der Waals surface area contributed by atoms with Crippen LogP contribution in [0.1, 0.15) is 58.9 Å². The molecule has 2 unspecified atom stereocenters. The molecule has 0 fully saturated rings. The molecule has 0 amide bonds. The van der Waals surface area contributed by atoms with Crippen LogP contribution in [-0.4, -0.2) is 25.4 Å². The van der Waals surface area contributed by atoms with Gasteiger partial charge in [-0.2, -0.15) is 0 Å². The van der Waals surface area contributed by atoms with E-state index >= 15 is 0 Å². The third-order valence-electron chi connectivity index (χ3n) is 5.07. The van der Waals surface area contributed by atoms with Gasteiger partial charge in [0.1, 0.15) is 24.2 Å². The van der Waals surface area contributed by atoms with Crippen LogP contribution in [0.3, 0.4) is 0 Å². The molecule has 3 heteroatoms. The number of methoxy groups -OCH3 is 1. The first-order valence-corrected chi connectivity index (χ1v) is 9.09.